The maximum absolute atomic E-state index is 11.8. The summed E-state index contributed by atoms with van der Waals surface area (Å²) in [5.74, 6) is -3.55. The Morgan fingerprint density at radius 1 is 1.06 bits per heavy atom. The number of benzene rings is 1. The van der Waals surface area contributed by atoms with E-state index in [9.17, 15) is 24.6 Å². The molecule has 0 atom stereocenters. The van der Waals surface area contributed by atoms with Gasteiger partial charge >= 0.3 is 6.16 Å². The number of carbonyl (C=O) groups excluding carboxylic acids is 2. The number of fused-ring (bicyclic) bond motifs is 1. The van der Waals surface area contributed by atoms with Gasteiger partial charge < -0.3 is 20.1 Å². The minimum Gasteiger partial charge on any atom is -0.507 e. The second-order valence-corrected chi connectivity index (χ2v) is 3.42. The Bertz CT molecular complexity index is 612. The van der Waals surface area contributed by atoms with Crippen molar-refractivity contribution in [2.24, 2.45) is 0 Å². The monoisotopic (exact) mass is 250 g/mol. The first-order chi connectivity index (χ1) is 8.41. The molecule has 7 nitrogen and oxygen atoms in total. The normalized spacial score (nSPS) is 13.9. The van der Waals surface area contributed by atoms with Gasteiger partial charge in [0.25, 0.3) is 0 Å². The molecule has 1 aliphatic carbocycles. The summed E-state index contributed by atoms with van der Waals surface area (Å²) in [7, 11) is 0. The number of allylic oxidation sites excluding steroid dienone is 2. The molecule has 0 heterocycles. The van der Waals surface area contributed by atoms with Gasteiger partial charge in [0.2, 0.25) is 5.78 Å². The molecule has 0 amide bonds. The van der Waals surface area contributed by atoms with Crippen LogP contribution in [0.25, 0.3) is 0 Å². The Labute approximate surface area is 99.5 Å². The molecule has 3 N–H and O–H groups in total. The van der Waals surface area contributed by atoms with E-state index in [0.717, 1.165) is 12.1 Å². The number of hydrogen-bond donors (Lipinski definition) is 3. The number of phenolic OH excluding ortho intramolecular Hbond substituents is 2. The van der Waals surface area contributed by atoms with Crippen LogP contribution in [0.3, 0.4) is 0 Å². The third-order valence-electron chi connectivity index (χ3n) is 2.32. The van der Waals surface area contributed by atoms with E-state index in [0.29, 0.717) is 6.08 Å². The molecule has 92 valence electrons. The van der Waals surface area contributed by atoms with Crippen molar-refractivity contribution in [3.63, 3.8) is 0 Å². The lowest BCUT2D eigenvalue weighted by atomic mass is 9.92. The first kappa shape index (κ1) is 11.6. The van der Waals surface area contributed by atoms with E-state index in [-0.39, 0.29) is 5.56 Å². The van der Waals surface area contributed by atoms with Gasteiger partial charge in [-0.3, -0.25) is 9.59 Å². The van der Waals surface area contributed by atoms with Crippen LogP contribution in [-0.2, 0) is 4.74 Å². The van der Waals surface area contributed by atoms with Crippen molar-refractivity contribution in [1.82, 2.24) is 0 Å². The third-order valence-corrected chi connectivity index (χ3v) is 2.32. The summed E-state index contributed by atoms with van der Waals surface area (Å²) in [6, 6.07) is 2.07. The van der Waals surface area contributed by atoms with Crippen molar-refractivity contribution in [3.8, 4) is 11.5 Å². The third kappa shape index (κ3) is 1.67. The molecule has 0 unspecified atom stereocenters. The Morgan fingerprint density at radius 2 is 1.61 bits per heavy atom. The van der Waals surface area contributed by atoms with E-state index in [1.54, 1.807) is 0 Å². The summed E-state index contributed by atoms with van der Waals surface area (Å²) in [5.41, 5.74) is -0.850. The van der Waals surface area contributed by atoms with Crippen LogP contribution < -0.4 is 0 Å². The highest BCUT2D eigenvalue weighted by Crippen LogP contribution is 2.34. The van der Waals surface area contributed by atoms with Crippen LogP contribution in [0.2, 0.25) is 0 Å². The lowest BCUT2D eigenvalue weighted by Gasteiger charge is -2.15. The smallest absolute Gasteiger partial charge is 0.507 e. The second-order valence-electron chi connectivity index (χ2n) is 3.42. The van der Waals surface area contributed by atoms with Gasteiger partial charge in [-0.2, -0.15) is 0 Å². The van der Waals surface area contributed by atoms with Crippen molar-refractivity contribution in [3.05, 3.63) is 35.1 Å². The molecule has 1 aromatic carbocycles. The maximum Gasteiger partial charge on any atom is 0.511 e. The minimum absolute atomic E-state index is 0.377. The Hall–Kier alpha value is -2.83. The zero-order chi connectivity index (χ0) is 13.4. The van der Waals surface area contributed by atoms with Crippen molar-refractivity contribution < 1.29 is 34.4 Å². The maximum atomic E-state index is 11.8. The first-order valence-electron chi connectivity index (χ1n) is 4.68. The molecule has 0 aliphatic heterocycles. The van der Waals surface area contributed by atoms with Crippen LogP contribution in [0, 0.1) is 0 Å². The zero-order valence-electron chi connectivity index (χ0n) is 8.71. The molecule has 0 aromatic heterocycles. The molecule has 1 aliphatic rings. The number of rotatable bonds is 1. The molecular weight excluding hydrogens is 244 g/mol. The fourth-order valence-electron chi connectivity index (χ4n) is 1.61. The molecule has 0 bridgehead atoms. The van der Waals surface area contributed by atoms with Gasteiger partial charge in [-0.25, -0.2) is 4.79 Å². The fraction of sp³-hybridized carbons (Fsp3) is 0. The van der Waals surface area contributed by atoms with Crippen molar-refractivity contribution in [1.29, 1.82) is 0 Å². The molecule has 1 aromatic rings. The number of ether oxygens (including phenoxy) is 1. The Balaban J connectivity index is 2.62. The lowest BCUT2D eigenvalue weighted by molar-refractivity contribution is 0.0839. The predicted octanol–water partition coefficient (Wildman–Crippen LogP) is 1.06. The molecule has 7 heteroatoms. The summed E-state index contributed by atoms with van der Waals surface area (Å²) in [5, 5.41) is 27.4. The number of hydrogen-bond acceptors (Lipinski definition) is 6. The highest BCUT2D eigenvalue weighted by Gasteiger charge is 2.33. The summed E-state index contributed by atoms with van der Waals surface area (Å²) in [6.07, 6.45) is -1.11. The highest BCUT2D eigenvalue weighted by atomic mass is 16.7. The van der Waals surface area contributed by atoms with E-state index in [1.165, 1.54) is 0 Å². The van der Waals surface area contributed by atoms with Crippen LogP contribution in [0.5, 0.6) is 11.5 Å². The second kappa shape index (κ2) is 3.88. The van der Waals surface area contributed by atoms with Crippen LogP contribution in [0.15, 0.2) is 24.0 Å². The molecular formula is C11H6O7. The van der Waals surface area contributed by atoms with Crippen LogP contribution >= 0.6 is 0 Å². The molecule has 2 rings (SSSR count). The van der Waals surface area contributed by atoms with E-state index in [1.807, 2.05) is 0 Å². The van der Waals surface area contributed by atoms with E-state index < -0.39 is 40.5 Å². The molecule has 0 radical (unpaired) electrons. The Morgan fingerprint density at radius 3 is 2.17 bits per heavy atom. The van der Waals surface area contributed by atoms with E-state index in [2.05, 4.69) is 4.74 Å². The number of aromatic hydroxyl groups is 2. The van der Waals surface area contributed by atoms with Gasteiger partial charge in [-0.1, -0.05) is 0 Å². The summed E-state index contributed by atoms with van der Waals surface area (Å²) >= 11 is 0. The molecule has 18 heavy (non-hydrogen) atoms. The summed E-state index contributed by atoms with van der Waals surface area (Å²) in [4.78, 5) is 33.8. The topological polar surface area (TPSA) is 121 Å². The number of Topliss-reactive ketones (excluding diaryl/α,β-unsaturated/α-hetero) is 1. The quantitative estimate of drug-likeness (QED) is 0.503. The van der Waals surface area contributed by atoms with Crippen molar-refractivity contribution >= 4 is 17.7 Å². The van der Waals surface area contributed by atoms with Gasteiger partial charge in [0.05, 0.1) is 11.1 Å². The standard InChI is InChI=1S/C11H6O7/c12-4-1-2-5(13)9-8(4)6(14)3-7(10(9)15)18-11(16)17/h1-3,12-13H,(H,16,17). The van der Waals surface area contributed by atoms with Crippen LogP contribution in [0.4, 0.5) is 4.79 Å². The predicted molar refractivity (Wildman–Crippen MR) is 55.6 cm³/mol. The number of carboxylic acid groups (broad SMARTS) is 1. The minimum atomic E-state index is -1.76. The molecule has 0 fully saturated rings. The Kier molecular flexibility index (Phi) is 2.51. The number of carbonyl (C=O) groups is 3. The van der Waals surface area contributed by atoms with Crippen molar-refractivity contribution in [2.75, 3.05) is 0 Å². The van der Waals surface area contributed by atoms with Crippen LogP contribution in [0.1, 0.15) is 20.7 Å². The number of phenols is 2. The van der Waals surface area contributed by atoms with Gasteiger partial charge in [0.1, 0.15) is 11.5 Å². The van der Waals surface area contributed by atoms with Gasteiger partial charge in [-0.05, 0) is 12.1 Å². The van der Waals surface area contributed by atoms with E-state index in [4.69, 9.17) is 5.11 Å². The average molecular weight is 250 g/mol. The average Bonchev–Trinajstić information content (AvgIpc) is 2.28. The van der Waals surface area contributed by atoms with Crippen LogP contribution in [-0.4, -0.2) is 33.0 Å². The van der Waals surface area contributed by atoms with E-state index >= 15 is 0 Å². The fourth-order valence-corrected chi connectivity index (χ4v) is 1.61. The van der Waals surface area contributed by atoms with Crippen molar-refractivity contribution in [2.45, 2.75) is 0 Å². The van der Waals surface area contributed by atoms with Gasteiger partial charge in [0.15, 0.2) is 11.5 Å². The largest absolute Gasteiger partial charge is 0.511 e. The molecule has 0 saturated carbocycles. The first-order valence-corrected chi connectivity index (χ1v) is 4.68. The SMILES string of the molecule is O=C(O)OC1=CC(=O)c2c(O)ccc(O)c2C1=O. The molecule has 0 saturated heterocycles. The lowest BCUT2D eigenvalue weighted by Crippen LogP contribution is -2.20. The highest BCUT2D eigenvalue weighted by molar-refractivity contribution is 6.26. The molecule has 0 spiro atoms. The summed E-state index contributed by atoms with van der Waals surface area (Å²) < 4.78 is 4.14. The van der Waals surface area contributed by atoms with Gasteiger partial charge in [0, 0.05) is 6.08 Å². The van der Waals surface area contributed by atoms with Gasteiger partial charge in [-0.15, -0.1) is 0 Å². The number of ketones is 2. The zero-order valence-corrected chi connectivity index (χ0v) is 8.71. The summed E-state index contributed by atoms with van der Waals surface area (Å²) in [6.45, 7) is 0.